The van der Waals surface area contributed by atoms with Crippen LogP contribution >= 0.6 is 0 Å². The van der Waals surface area contributed by atoms with Crippen LogP contribution in [0.5, 0.6) is 5.88 Å². The highest BCUT2D eigenvalue weighted by molar-refractivity contribution is 5.75. The number of nitrogens with two attached hydrogens (primary N) is 1. The quantitative estimate of drug-likeness (QED) is 0.698. The number of H-pyrrole nitrogens is 1. The van der Waals surface area contributed by atoms with E-state index in [9.17, 15) is 4.79 Å². The van der Waals surface area contributed by atoms with Crippen LogP contribution in [0.4, 0.5) is 5.69 Å². The van der Waals surface area contributed by atoms with Gasteiger partial charge in [0.05, 0.1) is 5.69 Å². The van der Waals surface area contributed by atoms with Crippen LogP contribution < -0.4 is 16.0 Å². The molecule has 16 heavy (non-hydrogen) atoms. The summed E-state index contributed by atoms with van der Waals surface area (Å²) < 4.78 is 5.47. The summed E-state index contributed by atoms with van der Waals surface area (Å²) in [6, 6.07) is 9.57. The molecule has 0 fully saturated rings. The summed E-state index contributed by atoms with van der Waals surface area (Å²) in [7, 11) is 0. The van der Waals surface area contributed by atoms with Gasteiger partial charge in [-0.2, -0.15) is 0 Å². The minimum absolute atomic E-state index is 0.207. The Bertz CT molecular complexity index is 617. The number of aromatic nitrogens is 1. The summed E-state index contributed by atoms with van der Waals surface area (Å²) in [5, 5.41) is 0. The maximum Gasteiger partial charge on any atom is 0.273 e. The monoisotopic (exact) mass is 214 g/mol. The predicted octanol–water partition coefficient (Wildman–Crippen LogP) is 1.52. The Morgan fingerprint density at radius 2 is 2.06 bits per heavy atom. The highest BCUT2D eigenvalue weighted by Crippen LogP contribution is 2.35. The summed E-state index contributed by atoms with van der Waals surface area (Å²) in [4.78, 5) is 14.0. The molecule has 0 saturated carbocycles. The highest BCUT2D eigenvalue weighted by Gasteiger charge is 2.18. The van der Waals surface area contributed by atoms with Crippen LogP contribution in [-0.4, -0.2) is 4.98 Å². The van der Waals surface area contributed by atoms with Gasteiger partial charge in [0.2, 0.25) is 5.88 Å². The molecule has 1 aromatic carbocycles. The molecule has 0 aliphatic carbocycles. The Kier molecular flexibility index (Phi) is 1.77. The predicted molar refractivity (Wildman–Crippen MR) is 61.2 cm³/mol. The third-order valence-electron chi connectivity index (χ3n) is 2.71. The zero-order valence-corrected chi connectivity index (χ0v) is 8.49. The fraction of sp³-hybridized carbons (Fsp3) is 0.0833. The lowest BCUT2D eigenvalue weighted by molar-refractivity contribution is 0.289. The Hall–Kier alpha value is -2.23. The van der Waals surface area contributed by atoms with Crippen molar-refractivity contribution >= 4 is 5.69 Å². The number of anilines is 1. The molecular formula is C12H10N2O2. The van der Waals surface area contributed by atoms with Crippen molar-refractivity contribution in [2.45, 2.75) is 6.61 Å². The molecule has 0 atom stereocenters. The smallest absolute Gasteiger partial charge is 0.273 e. The molecular weight excluding hydrogens is 204 g/mol. The lowest BCUT2D eigenvalue weighted by Crippen LogP contribution is -2.16. The second-order valence-electron chi connectivity index (χ2n) is 3.74. The summed E-state index contributed by atoms with van der Waals surface area (Å²) in [5.74, 6) is 0.498. The minimum Gasteiger partial charge on any atom is -0.474 e. The van der Waals surface area contributed by atoms with E-state index in [1.165, 1.54) is 0 Å². The van der Waals surface area contributed by atoms with Crippen LogP contribution in [0.15, 0.2) is 35.1 Å². The van der Waals surface area contributed by atoms with Crippen LogP contribution in [-0.2, 0) is 6.61 Å². The van der Waals surface area contributed by atoms with Crippen molar-refractivity contribution in [1.82, 2.24) is 4.98 Å². The van der Waals surface area contributed by atoms with Crippen LogP contribution in [0.25, 0.3) is 11.1 Å². The standard InChI is InChI=1S/C12H10N2O2/c13-10-5-9-8-4-2-1-3-7(8)6-16-12(9)14-11(10)15/h1-5H,6,13H2,(H,14,15). The minimum atomic E-state index is -0.307. The van der Waals surface area contributed by atoms with E-state index in [-0.39, 0.29) is 11.2 Å². The van der Waals surface area contributed by atoms with Crippen LogP contribution in [0.1, 0.15) is 5.56 Å². The first-order valence-electron chi connectivity index (χ1n) is 4.99. The summed E-state index contributed by atoms with van der Waals surface area (Å²) >= 11 is 0. The van der Waals surface area contributed by atoms with Gasteiger partial charge in [-0.1, -0.05) is 24.3 Å². The number of rotatable bonds is 0. The van der Waals surface area contributed by atoms with Gasteiger partial charge in [-0.3, -0.25) is 9.78 Å². The molecule has 1 aliphatic rings. The molecule has 2 heterocycles. The van der Waals surface area contributed by atoms with Gasteiger partial charge < -0.3 is 10.5 Å². The first-order valence-corrected chi connectivity index (χ1v) is 4.99. The maximum absolute atomic E-state index is 11.3. The van der Waals surface area contributed by atoms with Crippen LogP contribution in [0.3, 0.4) is 0 Å². The largest absolute Gasteiger partial charge is 0.474 e. The molecule has 0 radical (unpaired) electrons. The number of benzene rings is 1. The van der Waals surface area contributed by atoms with E-state index in [2.05, 4.69) is 4.98 Å². The number of hydrogen-bond donors (Lipinski definition) is 2. The van der Waals surface area contributed by atoms with E-state index in [4.69, 9.17) is 10.5 Å². The fourth-order valence-electron chi connectivity index (χ4n) is 1.90. The van der Waals surface area contributed by atoms with Gasteiger partial charge in [-0.05, 0) is 17.2 Å². The van der Waals surface area contributed by atoms with Gasteiger partial charge in [0.1, 0.15) is 6.61 Å². The first-order chi connectivity index (χ1) is 7.75. The molecule has 1 aliphatic heterocycles. The molecule has 2 aromatic rings. The molecule has 4 nitrogen and oxygen atoms in total. The molecule has 0 saturated heterocycles. The van der Waals surface area contributed by atoms with E-state index in [1.807, 2.05) is 24.3 Å². The third-order valence-corrected chi connectivity index (χ3v) is 2.71. The number of hydrogen-bond acceptors (Lipinski definition) is 3. The first kappa shape index (κ1) is 9.03. The second-order valence-corrected chi connectivity index (χ2v) is 3.74. The average Bonchev–Trinajstić information content (AvgIpc) is 2.31. The van der Waals surface area contributed by atoms with E-state index in [0.717, 1.165) is 16.7 Å². The fourth-order valence-corrected chi connectivity index (χ4v) is 1.90. The SMILES string of the molecule is Nc1cc2c([nH]c1=O)OCc1ccccc1-2. The van der Waals surface area contributed by atoms with E-state index >= 15 is 0 Å². The van der Waals surface area contributed by atoms with E-state index in [1.54, 1.807) is 6.07 Å². The number of nitrogen functional groups attached to an aromatic ring is 1. The highest BCUT2D eigenvalue weighted by atomic mass is 16.5. The molecule has 0 unspecified atom stereocenters. The van der Waals surface area contributed by atoms with Gasteiger partial charge in [-0.15, -0.1) is 0 Å². The van der Waals surface area contributed by atoms with E-state index < -0.39 is 0 Å². The van der Waals surface area contributed by atoms with Crippen molar-refractivity contribution in [3.05, 3.63) is 46.2 Å². The zero-order valence-electron chi connectivity index (χ0n) is 8.49. The molecule has 0 amide bonds. The topological polar surface area (TPSA) is 68.1 Å². The molecule has 3 rings (SSSR count). The molecule has 80 valence electrons. The summed E-state index contributed by atoms with van der Waals surface area (Å²) in [5.41, 5.74) is 8.51. The Morgan fingerprint density at radius 3 is 2.94 bits per heavy atom. The van der Waals surface area contributed by atoms with Crippen molar-refractivity contribution in [1.29, 1.82) is 0 Å². The summed E-state index contributed by atoms with van der Waals surface area (Å²) in [6.45, 7) is 0.475. The third kappa shape index (κ3) is 1.20. The second kappa shape index (κ2) is 3.13. The number of fused-ring (bicyclic) bond motifs is 3. The molecule has 3 N–H and O–H groups in total. The van der Waals surface area contributed by atoms with Crippen molar-refractivity contribution in [3.8, 4) is 17.0 Å². The van der Waals surface area contributed by atoms with Gasteiger partial charge >= 0.3 is 0 Å². The van der Waals surface area contributed by atoms with Crippen molar-refractivity contribution in [3.63, 3.8) is 0 Å². The Balaban J connectivity index is 2.32. The van der Waals surface area contributed by atoms with Gasteiger partial charge in [0.15, 0.2) is 0 Å². The lowest BCUT2D eigenvalue weighted by Gasteiger charge is -2.20. The normalized spacial score (nSPS) is 12.5. The Labute approximate surface area is 91.7 Å². The van der Waals surface area contributed by atoms with Crippen molar-refractivity contribution < 1.29 is 4.74 Å². The zero-order chi connectivity index (χ0) is 11.1. The lowest BCUT2D eigenvalue weighted by atomic mass is 9.99. The molecule has 0 spiro atoms. The molecule has 4 heteroatoms. The van der Waals surface area contributed by atoms with Gasteiger partial charge in [0.25, 0.3) is 5.56 Å². The Morgan fingerprint density at radius 1 is 1.25 bits per heavy atom. The van der Waals surface area contributed by atoms with Crippen molar-refractivity contribution in [2.75, 3.05) is 5.73 Å². The number of ether oxygens (including phenoxy) is 1. The van der Waals surface area contributed by atoms with Crippen LogP contribution in [0.2, 0.25) is 0 Å². The molecule has 0 bridgehead atoms. The number of pyridine rings is 1. The number of aromatic amines is 1. The van der Waals surface area contributed by atoms with Gasteiger partial charge in [-0.25, -0.2) is 0 Å². The van der Waals surface area contributed by atoms with E-state index in [0.29, 0.717) is 12.5 Å². The van der Waals surface area contributed by atoms with Gasteiger partial charge in [0, 0.05) is 5.56 Å². The summed E-state index contributed by atoms with van der Waals surface area (Å²) in [6.07, 6.45) is 0. The maximum atomic E-state index is 11.3. The van der Waals surface area contributed by atoms with Crippen molar-refractivity contribution in [2.24, 2.45) is 0 Å². The molecule has 1 aromatic heterocycles. The number of nitrogens with one attached hydrogen (secondary N) is 1. The average molecular weight is 214 g/mol. The van der Waals surface area contributed by atoms with Crippen LogP contribution in [0, 0.1) is 0 Å².